The van der Waals surface area contributed by atoms with Gasteiger partial charge in [-0.3, -0.25) is 15.5 Å². The number of nitrogens with one attached hydrogen (secondary N) is 2. The number of thiocarbonyl (C=S) groups is 1. The Labute approximate surface area is 184 Å². The lowest BCUT2D eigenvalue weighted by Crippen LogP contribution is -2.23. The standard InChI is InChI=1S/C22H20N4O4S/c27-26(28)19-10-12-20(13-11-19)29-14-15-30-21-9-5-4-6-17(21)16-23-25-22(31)24-18-7-2-1-3-8-18/h1-13,16H,14-15H2,(H2,24,25,31)/b23-16-. The van der Waals surface area contributed by atoms with E-state index in [2.05, 4.69) is 15.8 Å². The molecule has 0 aliphatic heterocycles. The van der Waals surface area contributed by atoms with Gasteiger partial charge < -0.3 is 14.8 Å². The second kappa shape index (κ2) is 11.3. The Morgan fingerprint density at radius 2 is 1.65 bits per heavy atom. The number of rotatable bonds is 9. The van der Waals surface area contributed by atoms with Gasteiger partial charge in [0.1, 0.15) is 24.7 Å². The van der Waals surface area contributed by atoms with E-state index in [0.717, 1.165) is 11.3 Å². The summed E-state index contributed by atoms with van der Waals surface area (Å²) in [5, 5.41) is 18.2. The minimum atomic E-state index is -0.454. The molecule has 3 aromatic carbocycles. The number of non-ortho nitro benzene ring substituents is 1. The van der Waals surface area contributed by atoms with E-state index >= 15 is 0 Å². The van der Waals surface area contributed by atoms with E-state index in [1.54, 1.807) is 18.3 Å². The van der Waals surface area contributed by atoms with E-state index in [4.69, 9.17) is 21.7 Å². The first-order valence-electron chi connectivity index (χ1n) is 9.36. The van der Waals surface area contributed by atoms with Gasteiger partial charge >= 0.3 is 0 Å². The lowest BCUT2D eigenvalue weighted by Gasteiger charge is -2.10. The molecule has 0 aromatic heterocycles. The number of hydrogen-bond acceptors (Lipinski definition) is 6. The maximum atomic E-state index is 10.7. The molecule has 0 radical (unpaired) electrons. The molecule has 0 saturated heterocycles. The van der Waals surface area contributed by atoms with Crippen molar-refractivity contribution in [2.45, 2.75) is 0 Å². The van der Waals surface area contributed by atoms with Crippen LogP contribution in [0.1, 0.15) is 5.56 Å². The van der Waals surface area contributed by atoms with Crippen molar-refractivity contribution in [1.29, 1.82) is 0 Å². The fourth-order valence-electron chi connectivity index (χ4n) is 2.53. The minimum absolute atomic E-state index is 0.0175. The Hall–Kier alpha value is -3.98. The van der Waals surface area contributed by atoms with Crippen molar-refractivity contribution >= 4 is 34.9 Å². The Kier molecular flexibility index (Phi) is 7.90. The van der Waals surface area contributed by atoms with Gasteiger partial charge in [0.05, 0.1) is 11.1 Å². The first-order chi connectivity index (χ1) is 15.1. The van der Waals surface area contributed by atoms with Crippen LogP contribution in [0.5, 0.6) is 11.5 Å². The molecule has 31 heavy (non-hydrogen) atoms. The van der Waals surface area contributed by atoms with E-state index in [-0.39, 0.29) is 12.3 Å². The Bertz CT molecular complexity index is 1040. The third-order valence-electron chi connectivity index (χ3n) is 3.98. The molecule has 0 fully saturated rings. The van der Waals surface area contributed by atoms with Gasteiger partial charge in [0.2, 0.25) is 0 Å². The van der Waals surface area contributed by atoms with Crippen LogP contribution in [0.3, 0.4) is 0 Å². The number of para-hydroxylation sites is 2. The number of anilines is 1. The lowest BCUT2D eigenvalue weighted by atomic mass is 10.2. The quantitative estimate of drug-likeness (QED) is 0.169. The zero-order valence-corrected chi connectivity index (χ0v) is 17.2. The monoisotopic (exact) mass is 436 g/mol. The normalized spacial score (nSPS) is 10.5. The summed E-state index contributed by atoms with van der Waals surface area (Å²) in [6.07, 6.45) is 1.62. The number of nitro groups is 1. The van der Waals surface area contributed by atoms with Crippen LogP contribution in [0.15, 0.2) is 84.0 Å². The molecule has 3 aromatic rings. The first kappa shape index (κ1) is 21.7. The molecular weight excluding hydrogens is 416 g/mol. The highest BCUT2D eigenvalue weighted by atomic mass is 32.1. The highest BCUT2D eigenvalue weighted by molar-refractivity contribution is 7.80. The molecule has 0 saturated carbocycles. The molecule has 8 nitrogen and oxygen atoms in total. The summed E-state index contributed by atoms with van der Waals surface area (Å²) in [5.74, 6) is 1.18. The smallest absolute Gasteiger partial charge is 0.269 e. The van der Waals surface area contributed by atoms with E-state index in [1.807, 2.05) is 54.6 Å². The first-order valence-corrected chi connectivity index (χ1v) is 9.77. The van der Waals surface area contributed by atoms with Crippen molar-refractivity contribution in [2.75, 3.05) is 18.5 Å². The molecule has 0 atom stereocenters. The third kappa shape index (κ3) is 7.09. The summed E-state index contributed by atoms with van der Waals surface area (Å²) in [6, 6.07) is 22.9. The average Bonchev–Trinajstić information content (AvgIpc) is 2.78. The van der Waals surface area contributed by atoms with E-state index < -0.39 is 4.92 Å². The molecule has 0 heterocycles. The second-order valence-electron chi connectivity index (χ2n) is 6.18. The van der Waals surface area contributed by atoms with Gasteiger partial charge in [-0.15, -0.1) is 0 Å². The zero-order chi connectivity index (χ0) is 21.9. The Morgan fingerprint density at radius 3 is 2.39 bits per heavy atom. The number of nitrogens with zero attached hydrogens (tertiary/aromatic N) is 2. The topological polar surface area (TPSA) is 98.0 Å². The lowest BCUT2D eigenvalue weighted by molar-refractivity contribution is -0.384. The van der Waals surface area contributed by atoms with Crippen LogP contribution < -0.4 is 20.2 Å². The minimum Gasteiger partial charge on any atom is -0.490 e. The summed E-state index contributed by atoms with van der Waals surface area (Å²) in [7, 11) is 0. The number of ether oxygens (including phenoxy) is 2. The molecule has 9 heteroatoms. The van der Waals surface area contributed by atoms with Crippen molar-refractivity contribution in [3.05, 3.63) is 94.5 Å². The second-order valence-corrected chi connectivity index (χ2v) is 6.58. The molecule has 0 aliphatic rings. The molecule has 2 N–H and O–H groups in total. The number of benzene rings is 3. The van der Waals surface area contributed by atoms with Crippen molar-refractivity contribution in [3.63, 3.8) is 0 Å². The average molecular weight is 436 g/mol. The maximum absolute atomic E-state index is 10.7. The third-order valence-corrected chi connectivity index (χ3v) is 4.17. The predicted molar refractivity (Wildman–Crippen MR) is 124 cm³/mol. The van der Waals surface area contributed by atoms with Crippen LogP contribution in [0.4, 0.5) is 11.4 Å². The molecule has 0 unspecified atom stereocenters. The summed E-state index contributed by atoms with van der Waals surface area (Å²) >= 11 is 5.22. The molecule has 0 bridgehead atoms. The van der Waals surface area contributed by atoms with Gasteiger partial charge in [0, 0.05) is 23.4 Å². The zero-order valence-electron chi connectivity index (χ0n) is 16.4. The van der Waals surface area contributed by atoms with Crippen LogP contribution in [-0.2, 0) is 0 Å². The highest BCUT2D eigenvalue weighted by Crippen LogP contribution is 2.18. The summed E-state index contributed by atoms with van der Waals surface area (Å²) in [6.45, 7) is 0.579. The predicted octanol–water partition coefficient (Wildman–Crippen LogP) is 4.37. The van der Waals surface area contributed by atoms with Crippen LogP contribution in [0, 0.1) is 10.1 Å². The Morgan fingerprint density at radius 1 is 0.968 bits per heavy atom. The van der Waals surface area contributed by atoms with Gasteiger partial charge in [0.15, 0.2) is 5.11 Å². The van der Waals surface area contributed by atoms with Crippen molar-refractivity contribution in [1.82, 2.24) is 5.43 Å². The molecule has 158 valence electrons. The van der Waals surface area contributed by atoms with Crippen molar-refractivity contribution in [3.8, 4) is 11.5 Å². The molecular formula is C22H20N4O4S. The number of hydrogen-bond donors (Lipinski definition) is 2. The van der Waals surface area contributed by atoms with Gasteiger partial charge in [-0.05, 0) is 48.6 Å². The summed E-state index contributed by atoms with van der Waals surface area (Å²) in [5.41, 5.74) is 4.43. The number of nitro benzene ring substituents is 1. The summed E-state index contributed by atoms with van der Waals surface area (Å²) in [4.78, 5) is 10.2. The van der Waals surface area contributed by atoms with Crippen molar-refractivity contribution < 1.29 is 14.4 Å². The fourth-order valence-corrected chi connectivity index (χ4v) is 2.71. The number of hydrazone groups is 1. The van der Waals surface area contributed by atoms with Gasteiger partial charge in [-0.25, -0.2) is 0 Å². The van der Waals surface area contributed by atoms with E-state index in [1.165, 1.54) is 12.1 Å². The molecule has 3 rings (SSSR count). The van der Waals surface area contributed by atoms with Crippen LogP contribution in [0.2, 0.25) is 0 Å². The molecule has 0 aliphatic carbocycles. The van der Waals surface area contributed by atoms with Crippen LogP contribution >= 0.6 is 12.2 Å². The van der Waals surface area contributed by atoms with Gasteiger partial charge in [0.25, 0.3) is 5.69 Å². The van der Waals surface area contributed by atoms with Crippen LogP contribution in [0.25, 0.3) is 0 Å². The largest absolute Gasteiger partial charge is 0.490 e. The highest BCUT2D eigenvalue weighted by Gasteiger charge is 2.05. The summed E-state index contributed by atoms with van der Waals surface area (Å²) < 4.78 is 11.3. The van der Waals surface area contributed by atoms with Crippen molar-refractivity contribution in [2.24, 2.45) is 5.10 Å². The Balaban J connectivity index is 1.46. The van der Waals surface area contributed by atoms with Gasteiger partial charge in [-0.2, -0.15) is 5.10 Å². The van der Waals surface area contributed by atoms with Gasteiger partial charge in [-0.1, -0.05) is 30.3 Å². The van der Waals surface area contributed by atoms with E-state index in [9.17, 15) is 10.1 Å². The SMILES string of the molecule is O=[N+]([O-])c1ccc(OCCOc2ccccc2/C=N\NC(=S)Nc2ccccc2)cc1. The fraction of sp³-hybridized carbons (Fsp3) is 0.0909. The maximum Gasteiger partial charge on any atom is 0.269 e. The van der Waals surface area contributed by atoms with Crippen LogP contribution in [-0.4, -0.2) is 29.5 Å². The molecule has 0 amide bonds. The molecule has 0 spiro atoms. The van der Waals surface area contributed by atoms with E-state index in [0.29, 0.717) is 23.2 Å².